The highest BCUT2D eigenvalue weighted by Gasteiger charge is 2.20. The third-order valence-corrected chi connectivity index (χ3v) is 4.88. The number of hydrogen-bond acceptors (Lipinski definition) is 3. The molecule has 1 aliphatic heterocycles. The molecule has 2 nitrogen and oxygen atoms in total. The van der Waals surface area contributed by atoms with E-state index in [1.165, 1.54) is 11.4 Å². The third kappa shape index (κ3) is 1.70. The van der Waals surface area contributed by atoms with E-state index in [4.69, 9.17) is 9.42 Å². The van der Waals surface area contributed by atoms with Crippen molar-refractivity contribution in [2.24, 2.45) is 0 Å². The second-order valence-electron chi connectivity index (χ2n) is 1.14. The van der Waals surface area contributed by atoms with Gasteiger partial charge in [-0.25, -0.2) is 0 Å². The Hall–Kier alpha value is 0.920. The van der Waals surface area contributed by atoms with Crippen LogP contribution in [-0.4, -0.2) is 17.3 Å². The topological polar surface area (TPSA) is 29.5 Å². The van der Waals surface area contributed by atoms with E-state index in [9.17, 15) is 0 Å². The van der Waals surface area contributed by atoms with E-state index >= 15 is 0 Å². The van der Waals surface area contributed by atoms with E-state index in [0.717, 1.165) is 5.75 Å². The van der Waals surface area contributed by atoms with E-state index < -0.39 is 5.69 Å². The maximum absolute atomic E-state index is 8.86. The molecule has 0 aliphatic carbocycles. The predicted octanol–water partition coefficient (Wildman–Crippen LogP) is 0.967. The molecule has 0 saturated carbocycles. The molecule has 42 valence electrons. The largest absolute Gasteiger partial charge is 0.337 e. The van der Waals surface area contributed by atoms with Crippen LogP contribution in [-0.2, 0) is 16.3 Å². The quantitative estimate of drug-likeness (QED) is 0.529. The fourth-order valence-electron chi connectivity index (χ4n) is 0.343. The Kier molecular flexibility index (Phi) is 1.76. The first kappa shape index (κ1) is 6.05. The molecule has 0 aromatic rings. The summed E-state index contributed by atoms with van der Waals surface area (Å²) in [6.45, 7) is 0.623. The Bertz CT molecular complexity index is 104. The number of rotatable bonds is 0. The summed E-state index contributed by atoms with van der Waals surface area (Å²) < 4.78 is 4.78. The second kappa shape index (κ2) is 2.03. The Morgan fingerprint density at radius 1 is 1.86 bits per heavy atom. The van der Waals surface area contributed by atoms with Gasteiger partial charge in [0, 0.05) is 5.75 Å². The lowest BCUT2D eigenvalue weighted by Crippen LogP contribution is -1.76. The summed E-state index contributed by atoms with van der Waals surface area (Å²) in [5.41, 5.74) is -2.29. The van der Waals surface area contributed by atoms with Crippen LogP contribution in [0.2, 0.25) is 0 Å². The Morgan fingerprint density at radius 3 is 2.71 bits per heavy atom. The predicted molar refractivity (Wildman–Crippen MR) is 34.9 cm³/mol. The smallest absolute Gasteiger partial charge is 0.244 e. The van der Waals surface area contributed by atoms with E-state index in [1.807, 2.05) is 0 Å². The molecule has 1 aliphatic rings. The van der Waals surface area contributed by atoms with Gasteiger partial charge in [-0.1, -0.05) is 11.4 Å². The lowest BCUT2D eigenvalue weighted by Gasteiger charge is -1.99. The first-order valence-corrected chi connectivity index (χ1v) is 6.09. The highest BCUT2D eigenvalue weighted by Crippen LogP contribution is 2.59. The summed E-state index contributed by atoms with van der Waals surface area (Å²) >= 11 is 5.97. The van der Waals surface area contributed by atoms with E-state index in [1.54, 1.807) is 0 Å². The van der Waals surface area contributed by atoms with Crippen molar-refractivity contribution in [3.05, 3.63) is 0 Å². The molecule has 5 heteroatoms. The van der Waals surface area contributed by atoms with Crippen LogP contribution in [0.4, 0.5) is 0 Å². The molecular formula is C2H5O2PS2. The van der Waals surface area contributed by atoms with E-state index in [0.29, 0.717) is 6.61 Å². The van der Waals surface area contributed by atoms with Crippen molar-refractivity contribution in [3.63, 3.8) is 0 Å². The third-order valence-electron chi connectivity index (χ3n) is 0.592. The van der Waals surface area contributed by atoms with E-state index in [-0.39, 0.29) is 0 Å². The van der Waals surface area contributed by atoms with Crippen LogP contribution in [0, 0.1) is 0 Å². The van der Waals surface area contributed by atoms with Crippen LogP contribution in [0.3, 0.4) is 0 Å². The van der Waals surface area contributed by atoms with E-state index in [2.05, 4.69) is 11.8 Å². The lowest BCUT2D eigenvalue weighted by atomic mass is 10.9. The molecule has 1 fully saturated rings. The van der Waals surface area contributed by atoms with Crippen molar-refractivity contribution < 1.29 is 9.42 Å². The lowest BCUT2D eigenvalue weighted by molar-refractivity contribution is 0.353. The van der Waals surface area contributed by atoms with Gasteiger partial charge in [-0.15, -0.1) is 0 Å². The summed E-state index contributed by atoms with van der Waals surface area (Å²) in [4.78, 5) is 8.86. The summed E-state index contributed by atoms with van der Waals surface area (Å²) in [5.74, 6) is 0.855. The SMILES string of the molecule is OP1(=S)OCCS1. The van der Waals surface area contributed by atoms with Crippen molar-refractivity contribution in [3.8, 4) is 0 Å². The van der Waals surface area contributed by atoms with Crippen LogP contribution < -0.4 is 0 Å². The van der Waals surface area contributed by atoms with Gasteiger partial charge in [-0.2, -0.15) is 0 Å². The zero-order valence-corrected chi connectivity index (χ0v) is 6.06. The van der Waals surface area contributed by atoms with Crippen LogP contribution in [0.1, 0.15) is 0 Å². The zero-order valence-electron chi connectivity index (χ0n) is 3.53. The van der Waals surface area contributed by atoms with Crippen LogP contribution in [0.5, 0.6) is 0 Å². The maximum Gasteiger partial charge on any atom is 0.244 e. The van der Waals surface area contributed by atoms with Crippen molar-refractivity contribution in [1.82, 2.24) is 0 Å². The van der Waals surface area contributed by atoms with Gasteiger partial charge in [0.1, 0.15) is 0 Å². The summed E-state index contributed by atoms with van der Waals surface area (Å²) in [5, 5.41) is 0. The summed E-state index contributed by atoms with van der Waals surface area (Å²) in [6.07, 6.45) is 0. The van der Waals surface area contributed by atoms with Crippen LogP contribution in [0.15, 0.2) is 0 Å². The fourth-order valence-corrected chi connectivity index (χ4v) is 3.51. The molecule has 1 N–H and O–H groups in total. The van der Waals surface area contributed by atoms with Gasteiger partial charge in [-0.3, -0.25) is 0 Å². The molecular weight excluding hydrogens is 151 g/mol. The van der Waals surface area contributed by atoms with Crippen LogP contribution >= 0.6 is 17.1 Å². The average Bonchev–Trinajstić information content (AvgIpc) is 1.84. The molecule has 1 rings (SSSR count). The molecule has 0 radical (unpaired) electrons. The normalized spacial score (nSPS) is 41.9. The molecule has 0 aromatic heterocycles. The zero-order chi connectivity index (χ0) is 5.33. The second-order valence-corrected chi connectivity index (χ2v) is 7.43. The molecule has 0 bridgehead atoms. The Balaban J connectivity index is 2.57. The monoisotopic (exact) mass is 156 g/mol. The standard InChI is InChI=1S/C2H5O2PS2/c3-5(6)4-1-2-7-5/h1-2H2,(H,3,6). The maximum atomic E-state index is 8.86. The summed E-state index contributed by atoms with van der Waals surface area (Å²) in [6, 6.07) is 0. The van der Waals surface area contributed by atoms with Gasteiger partial charge in [0.2, 0.25) is 5.69 Å². The summed E-state index contributed by atoms with van der Waals surface area (Å²) in [7, 11) is 0. The van der Waals surface area contributed by atoms with Crippen molar-refractivity contribution in [2.45, 2.75) is 0 Å². The number of hydrogen-bond donors (Lipinski definition) is 1. The Labute approximate surface area is 51.2 Å². The molecule has 1 unspecified atom stereocenters. The van der Waals surface area contributed by atoms with Gasteiger partial charge in [-0.05, 0) is 11.8 Å². The first-order chi connectivity index (χ1) is 3.21. The first-order valence-electron chi connectivity index (χ1n) is 1.83. The molecule has 1 atom stereocenters. The Morgan fingerprint density at radius 2 is 2.57 bits per heavy atom. The molecule has 1 heterocycles. The molecule has 7 heavy (non-hydrogen) atoms. The fraction of sp³-hybridized carbons (Fsp3) is 1.00. The minimum atomic E-state index is -2.29. The molecule has 1 saturated heterocycles. The molecule has 0 spiro atoms. The minimum Gasteiger partial charge on any atom is -0.337 e. The van der Waals surface area contributed by atoms with Crippen molar-refractivity contribution >= 4 is 28.9 Å². The molecule has 0 aromatic carbocycles. The van der Waals surface area contributed by atoms with Crippen molar-refractivity contribution in [1.29, 1.82) is 0 Å². The van der Waals surface area contributed by atoms with Crippen molar-refractivity contribution in [2.75, 3.05) is 12.4 Å². The van der Waals surface area contributed by atoms with Crippen LogP contribution in [0.25, 0.3) is 0 Å². The average molecular weight is 156 g/mol. The van der Waals surface area contributed by atoms with Gasteiger partial charge in [0.05, 0.1) is 6.61 Å². The van der Waals surface area contributed by atoms with Gasteiger partial charge in [0.15, 0.2) is 0 Å². The van der Waals surface area contributed by atoms with Gasteiger partial charge >= 0.3 is 0 Å². The molecule has 0 amide bonds. The minimum absolute atomic E-state index is 0.623. The van der Waals surface area contributed by atoms with Gasteiger partial charge < -0.3 is 9.42 Å². The highest BCUT2D eigenvalue weighted by atomic mass is 32.9. The van der Waals surface area contributed by atoms with Gasteiger partial charge in [0.25, 0.3) is 0 Å². The highest BCUT2D eigenvalue weighted by molar-refractivity contribution is 8.67.